The van der Waals surface area contributed by atoms with Gasteiger partial charge >= 0.3 is 21.1 Å². The van der Waals surface area contributed by atoms with Crippen molar-refractivity contribution < 1.29 is 38.6 Å². The number of nitrogens with zero attached hydrogens (tertiary/aromatic N) is 8. The Morgan fingerprint density at radius 1 is 0.642 bits per heavy atom. The number of aromatic nitrogens is 8. The fourth-order valence-corrected chi connectivity index (χ4v) is 6.80. The molecule has 0 saturated heterocycles. The predicted octanol–water partition coefficient (Wildman–Crippen LogP) is 4.13. The number of hydrogen-bond acceptors (Lipinski definition) is 12. The molecule has 0 aliphatic carbocycles. The molecule has 19 heteroatoms. The fraction of sp³-hybridized carbons (Fsp3) is 0.471. The summed E-state index contributed by atoms with van der Waals surface area (Å²) in [6, 6.07) is 7.48. The second kappa shape index (κ2) is 20.8. The third kappa shape index (κ3) is 10.8. The van der Waals surface area contributed by atoms with Gasteiger partial charge in [0.1, 0.15) is 44.7 Å². The first-order valence-electron chi connectivity index (χ1n) is 17.7. The molecule has 0 saturated carbocycles. The van der Waals surface area contributed by atoms with Crippen LogP contribution in [0.3, 0.4) is 0 Å². The summed E-state index contributed by atoms with van der Waals surface area (Å²) in [5.74, 6) is 2.79. The van der Waals surface area contributed by atoms with Crippen LogP contribution in [0.25, 0.3) is 44.1 Å². The maximum absolute atomic E-state index is 10.6. The molecule has 0 bridgehead atoms. The minimum atomic E-state index is -2.21. The third-order valence-corrected chi connectivity index (χ3v) is 9.53. The molecule has 0 aromatic carbocycles. The number of rotatable bonds is 18. The summed E-state index contributed by atoms with van der Waals surface area (Å²) in [6.45, 7) is 6.62. The summed E-state index contributed by atoms with van der Waals surface area (Å²) < 4.78 is 51.4. The molecule has 0 aliphatic heterocycles. The molecule has 53 heavy (non-hydrogen) atoms. The van der Waals surface area contributed by atoms with Gasteiger partial charge in [-0.05, 0) is 62.8 Å². The number of nitrogens with two attached hydrogens (primary N) is 2. The number of nitrogen functional groups attached to an aromatic ring is 2. The number of aryl methyl sites for hydroxylation is 4. The molecular weight excluding hydrogens is 888 g/mol. The SMILES string of the molecule is CCCCc1nc2c(N)nc3cccnc3c2n1CCCCNS(=O)[O-].CCCCc1nc2c(N)nc3cccnc3c2n1CCCCNS(=O)[O-].[W+2]. The Hall–Kier alpha value is -3.51. The van der Waals surface area contributed by atoms with E-state index in [2.05, 4.69) is 52.4 Å². The van der Waals surface area contributed by atoms with Gasteiger partial charge in [-0.1, -0.05) is 26.7 Å². The van der Waals surface area contributed by atoms with Gasteiger partial charge in [-0.25, -0.2) is 29.4 Å². The number of unbranched alkanes of at least 4 members (excludes halogenated alkanes) is 4. The Morgan fingerprint density at radius 3 is 1.43 bits per heavy atom. The van der Waals surface area contributed by atoms with Crippen LogP contribution in [-0.2, 0) is 69.5 Å². The van der Waals surface area contributed by atoms with Crippen LogP contribution in [0, 0.1) is 0 Å². The van der Waals surface area contributed by atoms with E-state index in [9.17, 15) is 17.5 Å². The second-order valence-corrected chi connectivity index (χ2v) is 13.9. The van der Waals surface area contributed by atoms with E-state index in [1.165, 1.54) is 0 Å². The van der Waals surface area contributed by atoms with Gasteiger partial charge in [0.15, 0.2) is 11.6 Å². The molecule has 2 unspecified atom stereocenters. The summed E-state index contributed by atoms with van der Waals surface area (Å²) in [4.78, 5) is 27.4. The molecular formula is C34H46N12O4S2W. The summed E-state index contributed by atoms with van der Waals surface area (Å²) >= 11 is -4.42. The number of pyridine rings is 4. The molecule has 2 atom stereocenters. The molecule has 0 amide bonds. The Bertz CT molecular complexity index is 2010. The van der Waals surface area contributed by atoms with E-state index < -0.39 is 22.5 Å². The molecule has 6 aromatic rings. The van der Waals surface area contributed by atoms with E-state index >= 15 is 0 Å². The smallest absolute Gasteiger partial charge is 0.760 e. The van der Waals surface area contributed by atoms with Crippen molar-refractivity contribution in [2.24, 2.45) is 0 Å². The van der Waals surface area contributed by atoms with Crippen LogP contribution in [-0.4, -0.2) is 69.7 Å². The summed E-state index contributed by atoms with van der Waals surface area (Å²) in [7, 11) is 0. The van der Waals surface area contributed by atoms with Crippen molar-refractivity contribution in [3.05, 3.63) is 48.3 Å². The topological polar surface area (TPSA) is 244 Å². The van der Waals surface area contributed by atoms with E-state index in [1.807, 2.05) is 24.3 Å². The van der Waals surface area contributed by atoms with Crippen LogP contribution in [0.4, 0.5) is 11.6 Å². The summed E-state index contributed by atoms with van der Waals surface area (Å²) in [5, 5.41) is 0. The maximum atomic E-state index is 10.6. The molecule has 16 nitrogen and oxygen atoms in total. The van der Waals surface area contributed by atoms with E-state index in [4.69, 9.17) is 21.4 Å². The van der Waals surface area contributed by atoms with Gasteiger partial charge in [0, 0.05) is 73.9 Å². The molecule has 0 radical (unpaired) electrons. The van der Waals surface area contributed by atoms with Crippen molar-refractivity contribution in [3.8, 4) is 0 Å². The monoisotopic (exact) mass is 934 g/mol. The first kappa shape index (κ1) is 42.2. The van der Waals surface area contributed by atoms with Crippen molar-refractivity contribution in [2.75, 3.05) is 24.6 Å². The Kier molecular flexibility index (Phi) is 16.6. The Labute approximate surface area is 327 Å². The van der Waals surface area contributed by atoms with Crippen LogP contribution >= 0.6 is 0 Å². The van der Waals surface area contributed by atoms with Gasteiger partial charge in [0.25, 0.3) is 0 Å². The number of imidazole rings is 2. The van der Waals surface area contributed by atoms with E-state index in [0.29, 0.717) is 35.8 Å². The number of fused-ring (bicyclic) bond motifs is 6. The zero-order chi connectivity index (χ0) is 37.0. The minimum absolute atomic E-state index is 0. The van der Waals surface area contributed by atoms with Crippen LogP contribution in [0.1, 0.15) is 76.9 Å². The molecule has 0 spiro atoms. The third-order valence-electron chi connectivity index (χ3n) is 8.65. The Balaban J connectivity index is 0.000000232. The standard InChI is InChI=1S/2C17H24N6O2S.W/c2*1-2-3-8-13-22-15-16(23(13)11-5-4-10-20-26(24)25)14-12(21-17(15)18)7-6-9-19-14;/h2*6-7,9,20H,2-5,8,10-11H2,1H3,(H2,18,21)(H,24,25);/q;;+2/p-2. The predicted molar refractivity (Wildman–Crippen MR) is 204 cm³/mol. The second-order valence-electron chi connectivity index (χ2n) is 12.4. The zero-order valence-electron chi connectivity index (χ0n) is 30.0. The van der Waals surface area contributed by atoms with E-state index in [-0.39, 0.29) is 21.1 Å². The molecule has 284 valence electrons. The van der Waals surface area contributed by atoms with Gasteiger partial charge in [-0.15, -0.1) is 0 Å². The van der Waals surface area contributed by atoms with Gasteiger partial charge in [-0.2, -0.15) is 0 Å². The molecule has 0 fully saturated rings. The molecule has 0 aliphatic rings. The normalized spacial score (nSPS) is 12.6. The van der Waals surface area contributed by atoms with Gasteiger partial charge < -0.3 is 29.7 Å². The fourth-order valence-electron chi connectivity index (χ4n) is 6.17. The number of anilines is 2. The maximum Gasteiger partial charge on any atom is 2.00 e. The van der Waals surface area contributed by atoms with E-state index in [1.54, 1.807) is 12.4 Å². The first-order valence-corrected chi connectivity index (χ1v) is 19.8. The van der Waals surface area contributed by atoms with Gasteiger partial charge in [-0.3, -0.25) is 18.4 Å². The van der Waals surface area contributed by atoms with Crippen molar-refractivity contribution in [3.63, 3.8) is 0 Å². The van der Waals surface area contributed by atoms with Crippen molar-refractivity contribution in [1.82, 2.24) is 48.5 Å². The summed E-state index contributed by atoms with van der Waals surface area (Å²) in [6.07, 6.45) is 12.6. The Morgan fingerprint density at radius 2 is 1.06 bits per heavy atom. The zero-order valence-corrected chi connectivity index (χ0v) is 34.5. The van der Waals surface area contributed by atoms with Crippen LogP contribution < -0.4 is 20.9 Å². The van der Waals surface area contributed by atoms with Crippen LogP contribution in [0.15, 0.2) is 36.7 Å². The number of nitrogens with one attached hydrogen (secondary N) is 2. The quantitative estimate of drug-likeness (QED) is 0.0703. The molecule has 6 N–H and O–H groups in total. The number of hydrogen-bond donors (Lipinski definition) is 4. The largest absolute Gasteiger partial charge is 2.00 e. The molecule has 6 aromatic heterocycles. The van der Waals surface area contributed by atoms with Crippen molar-refractivity contribution in [1.29, 1.82) is 0 Å². The summed E-state index contributed by atoms with van der Waals surface area (Å²) in [5.41, 5.74) is 18.6. The molecule has 6 heterocycles. The van der Waals surface area contributed by atoms with Crippen molar-refractivity contribution in [2.45, 2.75) is 91.1 Å². The van der Waals surface area contributed by atoms with Gasteiger partial charge in [0.05, 0.1) is 11.0 Å². The van der Waals surface area contributed by atoms with Gasteiger partial charge in [0.2, 0.25) is 0 Å². The molecule has 6 rings (SSSR count). The van der Waals surface area contributed by atoms with Crippen LogP contribution in [0.2, 0.25) is 0 Å². The minimum Gasteiger partial charge on any atom is -0.760 e. The first-order chi connectivity index (χ1) is 25.2. The van der Waals surface area contributed by atoms with Crippen LogP contribution in [0.5, 0.6) is 0 Å². The average molecular weight is 935 g/mol. The average Bonchev–Trinajstić information content (AvgIpc) is 3.69. The van der Waals surface area contributed by atoms with E-state index in [0.717, 1.165) is 122 Å². The van der Waals surface area contributed by atoms with Crippen molar-refractivity contribution >= 4 is 78.3 Å².